The van der Waals surface area contributed by atoms with Gasteiger partial charge in [-0.1, -0.05) is 36.4 Å². The molecule has 2 aromatic carbocycles. The second-order valence-electron chi connectivity index (χ2n) is 5.85. The standard InChI is InChI=1S/C19H20N2O3/c1-13-7-3-4-8-15(13)11-20-19(23)18-12-21(14(2)22)16-9-5-6-10-17(16)24-18/h3-10,18H,11-12H2,1-2H3,(H,20,23). The minimum atomic E-state index is -0.715. The molecule has 24 heavy (non-hydrogen) atoms. The fraction of sp³-hybridized carbons (Fsp3) is 0.263. The van der Waals surface area contributed by atoms with Crippen LogP contribution < -0.4 is 15.0 Å². The molecule has 1 heterocycles. The lowest BCUT2D eigenvalue weighted by atomic mass is 10.1. The largest absolute Gasteiger partial charge is 0.477 e. The number of fused-ring (bicyclic) bond motifs is 1. The minimum Gasteiger partial charge on any atom is -0.477 e. The Bertz CT molecular complexity index is 773. The molecule has 3 rings (SSSR count). The topological polar surface area (TPSA) is 58.6 Å². The molecular weight excluding hydrogens is 304 g/mol. The number of aryl methyl sites for hydroxylation is 1. The van der Waals surface area contributed by atoms with Crippen LogP contribution in [0.2, 0.25) is 0 Å². The fourth-order valence-electron chi connectivity index (χ4n) is 2.77. The summed E-state index contributed by atoms with van der Waals surface area (Å²) in [6.45, 7) is 4.15. The Morgan fingerprint density at radius 2 is 1.88 bits per heavy atom. The molecule has 5 nitrogen and oxygen atoms in total. The van der Waals surface area contributed by atoms with Gasteiger partial charge in [0.15, 0.2) is 6.10 Å². The fourth-order valence-corrected chi connectivity index (χ4v) is 2.77. The van der Waals surface area contributed by atoms with E-state index in [1.54, 1.807) is 11.0 Å². The average Bonchev–Trinajstić information content (AvgIpc) is 2.59. The highest BCUT2D eigenvalue weighted by molar-refractivity contribution is 5.95. The highest BCUT2D eigenvalue weighted by Gasteiger charge is 2.32. The molecule has 1 aliphatic heterocycles. The highest BCUT2D eigenvalue weighted by Crippen LogP contribution is 2.33. The maximum absolute atomic E-state index is 12.5. The molecule has 1 atom stereocenters. The van der Waals surface area contributed by atoms with Crippen molar-refractivity contribution in [3.8, 4) is 5.75 Å². The third kappa shape index (κ3) is 3.25. The second kappa shape index (κ2) is 6.74. The second-order valence-corrected chi connectivity index (χ2v) is 5.85. The molecule has 0 bridgehead atoms. The summed E-state index contributed by atoms with van der Waals surface area (Å²) >= 11 is 0. The Hall–Kier alpha value is -2.82. The number of benzene rings is 2. The van der Waals surface area contributed by atoms with Crippen molar-refractivity contribution in [1.29, 1.82) is 0 Å². The third-order valence-electron chi connectivity index (χ3n) is 4.16. The predicted octanol–water partition coefficient (Wildman–Crippen LogP) is 2.43. The number of ether oxygens (including phenoxy) is 1. The molecule has 124 valence electrons. The molecular formula is C19H20N2O3. The SMILES string of the molecule is CC(=O)N1CC(C(=O)NCc2ccccc2C)Oc2ccccc21. The first kappa shape index (κ1) is 16.1. The minimum absolute atomic E-state index is 0.109. The number of hydrogen-bond donors (Lipinski definition) is 1. The van der Waals surface area contributed by atoms with Gasteiger partial charge in [0, 0.05) is 13.5 Å². The van der Waals surface area contributed by atoms with Gasteiger partial charge in [-0.3, -0.25) is 9.59 Å². The van der Waals surface area contributed by atoms with Crippen molar-refractivity contribution in [3.05, 3.63) is 59.7 Å². The summed E-state index contributed by atoms with van der Waals surface area (Å²) in [4.78, 5) is 26.0. The van der Waals surface area contributed by atoms with Crippen molar-refractivity contribution in [2.24, 2.45) is 0 Å². The zero-order valence-electron chi connectivity index (χ0n) is 13.8. The molecule has 2 aromatic rings. The molecule has 0 aromatic heterocycles. The van der Waals surface area contributed by atoms with Crippen LogP contribution >= 0.6 is 0 Å². The van der Waals surface area contributed by atoms with E-state index in [4.69, 9.17) is 4.74 Å². The summed E-state index contributed by atoms with van der Waals surface area (Å²) in [7, 11) is 0. The zero-order chi connectivity index (χ0) is 17.1. The Morgan fingerprint density at radius 1 is 1.17 bits per heavy atom. The lowest BCUT2D eigenvalue weighted by Gasteiger charge is -2.33. The number of carbonyl (C=O) groups is 2. The lowest BCUT2D eigenvalue weighted by Crippen LogP contribution is -2.50. The molecule has 0 saturated carbocycles. The molecule has 1 unspecified atom stereocenters. The van der Waals surface area contributed by atoms with E-state index in [1.807, 2.05) is 49.4 Å². The summed E-state index contributed by atoms with van der Waals surface area (Å²) in [6, 6.07) is 15.2. The summed E-state index contributed by atoms with van der Waals surface area (Å²) < 4.78 is 5.79. The van der Waals surface area contributed by atoms with Crippen LogP contribution in [0.4, 0.5) is 5.69 Å². The Morgan fingerprint density at radius 3 is 2.62 bits per heavy atom. The van der Waals surface area contributed by atoms with E-state index in [0.29, 0.717) is 18.0 Å². The number of anilines is 1. The van der Waals surface area contributed by atoms with Gasteiger partial charge in [0.05, 0.1) is 12.2 Å². The van der Waals surface area contributed by atoms with Gasteiger partial charge in [0.25, 0.3) is 5.91 Å². The van der Waals surface area contributed by atoms with E-state index in [0.717, 1.165) is 11.1 Å². The average molecular weight is 324 g/mol. The number of carbonyl (C=O) groups excluding carboxylic acids is 2. The number of nitrogens with zero attached hydrogens (tertiary/aromatic N) is 1. The molecule has 0 spiro atoms. The van der Waals surface area contributed by atoms with E-state index in [9.17, 15) is 9.59 Å². The number of nitrogens with one attached hydrogen (secondary N) is 1. The van der Waals surface area contributed by atoms with Gasteiger partial charge in [-0.05, 0) is 30.2 Å². The zero-order valence-corrected chi connectivity index (χ0v) is 13.8. The Balaban J connectivity index is 1.72. The van der Waals surface area contributed by atoms with Crippen LogP contribution in [0.25, 0.3) is 0 Å². The Kier molecular flexibility index (Phi) is 4.51. The molecule has 0 fully saturated rings. The number of rotatable bonds is 3. The van der Waals surface area contributed by atoms with Gasteiger partial charge in [-0.15, -0.1) is 0 Å². The van der Waals surface area contributed by atoms with Gasteiger partial charge in [-0.25, -0.2) is 0 Å². The van der Waals surface area contributed by atoms with Crippen molar-refractivity contribution in [2.45, 2.75) is 26.5 Å². The maximum atomic E-state index is 12.5. The van der Waals surface area contributed by atoms with Crippen molar-refractivity contribution in [2.75, 3.05) is 11.4 Å². The van der Waals surface area contributed by atoms with Gasteiger partial charge in [0.2, 0.25) is 5.91 Å². The number of amides is 2. The first-order valence-electron chi connectivity index (χ1n) is 7.92. The third-order valence-corrected chi connectivity index (χ3v) is 4.16. The van der Waals surface area contributed by atoms with E-state index in [1.165, 1.54) is 6.92 Å². The number of hydrogen-bond acceptors (Lipinski definition) is 3. The molecule has 0 saturated heterocycles. The van der Waals surface area contributed by atoms with E-state index >= 15 is 0 Å². The van der Waals surface area contributed by atoms with Crippen molar-refractivity contribution >= 4 is 17.5 Å². The van der Waals surface area contributed by atoms with Crippen LogP contribution in [0.15, 0.2) is 48.5 Å². The molecule has 0 aliphatic carbocycles. The van der Waals surface area contributed by atoms with Gasteiger partial charge in [-0.2, -0.15) is 0 Å². The number of para-hydroxylation sites is 2. The summed E-state index contributed by atoms with van der Waals surface area (Å²) in [5.74, 6) is 0.219. The van der Waals surface area contributed by atoms with Gasteiger partial charge >= 0.3 is 0 Å². The Labute approximate surface area is 141 Å². The van der Waals surface area contributed by atoms with Crippen molar-refractivity contribution in [3.63, 3.8) is 0 Å². The van der Waals surface area contributed by atoms with Crippen LogP contribution in [0, 0.1) is 6.92 Å². The van der Waals surface area contributed by atoms with Crippen LogP contribution in [0.1, 0.15) is 18.1 Å². The molecule has 1 aliphatic rings. The molecule has 5 heteroatoms. The first-order valence-corrected chi connectivity index (χ1v) is 7.92. The van der Waals surface area contributed by atoms with Crippen LogP contribution in [-0.4, -0.2) is 24.5 Å². The summed E-state index contributed by atoms with van der Waals surface area (Å²) in [5, 5.41) is 2.90. The molecule has 2 amide bonds. The van der Waals surface area contributed by atoms with Crippen molar-refractivity contribution < 1.29 is 14.3 Å². The van der Waals surface area contributed by atoms with Crippen LogP contribution in [0.3, 0.4) is 0 Å². The first-order chi connectivity index (χ1) is 11.6. The van der Waals surface area contributed by atoms with E-state index in [2.05, 4.69) is 5.32 Å². The van der Waals surface area contributed by atoms with E-state index < -0.39 is 6.10 Å². The van der Waals surface area contributed by atoms with E-state index in [-0.39, 0.29) is 18.4 Å². The smallest absolute Gasteiger partial charge is 0.263 e. The molecule has 1 N–H and O–H groups in total. The monoisotopic (exact) mass is 324 g/mol. The van der Waals surface area contributed by atoms with Crippen LogP contribution in [0.5, 0.6) is 5.75 Å². The lowest BCUT2D eigenvalue weighted by molar-refractivity contribution is -0.128. The van der Waals surface area contributed by atoms with Gasteiger partial charge in [0.1, 0.15) is 5.75 Å². The van der Waals surface area contributed by atoms with Gasteiger partial charge < -0.3 is 15.0 Å². The normalized spacial score (nSPS) is 16.1. The molecule has 0 radical (unpaired) electrons. The summed E-state index contributed by atoms with van der Waals surface area (Å²) in [5.41, 5.74) is 2.89. The maximum Gasteiger partial charge on any atom is 0.263 e. The highest BCUT2D eigenvalue weighted by atomic mass is 16.5. The van der Waals surface area contributed by atoms with Crippen LogP contribution in [-0.2, 0) is 16.1 Å². The van der Waals surface area contributed by atoms with Crippen molar-refractivity contribution in [1.82, 2.24) is 5.32 Å². The predicted molar refractivity (Wildman–Crippen MR) is 91.9 cm³/mol. The summed E-state index contributed by atoms with van der Waals surface area (Å²) in [6.07, 6.45) is -0.715. The quantitative estimate of drug-likeness (QED) is 0.943.